The Bertz CT molecular complexity index is 1280. The van der Waals surface area contributed by atoms with E-state index in [1.807, 2.05) is 19.1 Å². The maximum Gasteiger partial charge on any atom is 0.261 e. The molecule has 1 N–H and O–H groups in total. The van der Waals surface area contributed by atoms with E-state index < -0.39 is 20.0 Å². The molecule has 2 heterocycles. The van der Waals surface area contributed by atoms with Crippen LogP contribution in [0, 0.1) is 6.92 Å². The van der Waals surface area contributed by atoms with Crippen LogP contribution in [0.2, 0.25) is 0 Å². The molecule has 1 fully saturated rings. The van der Waals surface area contributed by atoms with Gasteiger partial charge in [0.25, 0.3) is 10.0 Å². The number of hydrogen-bond donors (Lipinski definition) is 1. The van der Waals surface area contributed by atoms with E-state index in [2.05, 4.69) is 9.82 Å². The maximum absolute atomic E-state index is 12.8. The van der Waals surface area contributed by atoms with Gasteiger partial charge in [0.05, 0.1) is 21.2 Å². The second kappa shape index (κ2) is 8.45. The van der Waals surface area contributed by atoms with E-state index in [4.69, 9.17) is 0 Å². The highest BCUT2D eigenvalue weighted by Crippen LogP contribution is 2.24. The van der Waals surface area contributed by atoms with Crippen molar-refractivity contribution in [3.05, 3.63) is 66.5 Å². The second-order valence-corrected chi connectivity index (χ2v) is 11.1. The number of benzene rings is 2. The number of hydrogen-bond acceptors (Lipinski definition) is 5. The third-order valence-corrected chi connectivity index (χ3v) is 8.57. The molecule has 0 spiro atoms. The van der Waals surface area contributed by atoms with Crippen molar-refractivity contribution in [2.24, 2.45) is 0 Å². The molecule has 1 aliphatic heterocycles. The van der Waals surface area contributed by atoms with Crippen LogP contribution >= 0.6 is 0 Å². The molecule has 4 rings (SSSR count). The minimum absolute atomic E-state index is 0.00855. The number of piperidine rings is 1. The first-order valence-corrected chi connectivity index (χ1v) is 12.9. The van der Waals surface area contributed by atoms with Gasteiger partial charge >= 0.3 is 0 Å². The highest BCUT2D eigenvalue weighted by molar-refractivity contribution is 7.92. The third-order valence-electron chi connectivity index (χ3n) is 5.26. The van der Waals surface area contributed by atoms with E-state index in [1.54, 1.807) is 29.1 Å². The summed E-state index contributed by atoms with van der Waals surface area (Å²) in [4.78, 5) is 0.0928. The summed E-state index contributed by atoms with van der Waals surface area (Å²) in [5.74, 6) is 0. The van der Waals surface area contributed by atoms with Gasteiger partial charge in [-0.1, -0.05) is 12.5 Å². The molecule has 1 aliphatic rings. The number of anilines is 1. The average molecular weight is 461 g/mol. The third kappa shape index (κ3) is 4.51. The number of nitrogens with zero attached hydrogens (tertiary/aromatic N) is 3. The predicted molar refractivity (Wildman–Crippen MR) is 118 cm³/mol. The summed E-state index contributed by atoms with van der Waals surface area (Å²) in [6, 6.07) is 14.1. The summed E-state index contributed by atoms with van der Waals surface area (Å²) in [6.45, 7) is 2.90. The zero-order valence-electron chi connectivity index (χ0n) is 17.1. The van der Waals surface area contributed by atoms with Crippen LogP contribution in [0.3, 0.4) is 0 Å². The molecule has 0 bridgehead atoms. The fourth-order valence-electron chi connectivity index (χ4n) is 3.60. The topological polar surface area (TPSA) is 101 Å². The van der Waals surface area contributed by atoms with Crippen LogP contribution in [0.4, 0.5) is 5.69 Å². The lowest BCUT2D eigenvalue weighted by atomic mass is 10.2. The number of sulfonamides is 2. The Kier molecular flexibility index (Phi) is 5.87. The molecule has 0 unspecified atom stereocenters. The van der Waals surface area contributed by atoms with Gasteiger partial charge in [0.15, 0.2) is 0 Å². The normalized spacial score (nSPS) is 15.6. The van der Waals surface area contributed by atoms with Gasteiger partial charge in [-0.15, -0.1) is 0 Å². The molecule has 0 aliphatic carbocycles. The Morgan fingerprint density at radius 3 is 2.19 bits per heavy atom. The molecule has 3 aromatic rings. The van der Waals surface area contributed by atoms with Gasteiger partial charge in [-0.3, -0.25) is 4.72 Å². The monoisotopic (exact) mass is 460 g/mol. The number of aromatic nitrogens is 2. The fourth-order valence-corrected chi connectivity index (χ4v) is 6.17. The van der Waals surface area contributed by atoms with Crippen molar-refractivity contribution in [3.63, 3.8) is 0 Å². The summed E-state index contributed by atoms with van der Waals surface area (Å²) in [5.41, 5.74) is 2.04. The molecular weight excluding hydrogens is 436 g/mol. The highest BCUT2D eigenvalue weighted by atomic mass is 32.2. The average Bonchev–Trinajstić information content (AvgIpc) is 3.20. The first-order chi connectivity index (χ1) is 14.8. The van der Waals surface area contributed by atoms with Crippen LogP contribution in [0.15, 0.2) is 70.6 Å². The highest BCUT2D eigenvalue weighted by Gasteiger charge is 2.26. The van der Waals surface area contributed by atoms with E-state index in [0.29, 0.717) is 18.8 Å². The molecular formula is C21H24N4O4S2. The first kappa shape index (κ1) is 21.5. The Morgan fingerprint density at radius 2 is 1.55 bits per heavy atom. The van der Waals surface area contributed by atoms with Crippen molar-refractivity contribution >= 4 is 25.7 Å². The minimum atomic E-state index is -3.88. The molecule has 0 radical (unpaired) electrons. The van der Waals surface area contributed by atoms with E-state index >= 15 is 0 Å². The summed E-state index contributed by atoms with van der Waals surface area (Å²) in [7, 11) is -7.49. The first-order valence-electron chi connectivity index (χ1n) is 10.0. The molecule has 0 atom stereocenters. The molecule has 10 heteroatoms. The summed E-state index contributed by atoms with van der Waals surface area (Å²) in [5, 5.41) is 4.23. The summed E-state index contributed by atoms with van der Waals surface area (Å²) >= 11 is 0. The van der Waals surface area contributed by atoms with Gasteiger partial charge in [-0.2, -0.15) is 9.40 Å². The van der Waals surface area contributed by atoms with Crippen LogP contribution in [-0.2, 0) is 20.0 Å². The molecule has 164 valence electrons. The van der Waals surface area contributed by atoms with Gasteiger partial charge in [0.1, 0.15) is 0 Å². The number of nitrogens with one attached hydrogen (secondary N) is 1. The van der Waals surface area contributed by atoms with Gasteiger partial charge in [-0.05, 0) is 68.3 Å². The van der Waals surface area contributed by atoms with Gasteiger partial charge in [-0.25, -0.2) is 21.5 Å². The Balaban J connectivity index is 1.55. The molecule has 0 amide bonds. The van der Waals surface area contributed by atoms with Crippen LogP contribution < -0.4 is 4.72 Å². The van der Waals surface area contributed by atoms with Crippen molar-refractivity contribution in [2.45, 2.75) is 36.0 Å². The maximum atomic E-state index is 12.8. The largest absolute Gasteiger partial charge is 0.280 e. The Morgan fingerprint density at radius 1 is 0.871 bits per heavy atom. The molecule has 0 saturated carbocycles. The van der Waals surface area contributed by atoms with Gasteiger partial charge < -0.3 is 0 Å². The Hall–Kier alpha value is -2.69. The summed E-state index contributed by atoms with van der Waals surface area (Å²) < 4.78 is 56.9. The number of aryl methyl sites for hydroxylation is 1. The van der Waals surface area contributed by atoms with Crippen molar-refractivity contribution in [2.75, 3.05) is 17.8 Å². The zero-order valence-corrected chi connectivity index (χ0v) is 18.7. The van der Waals surface area contributed by atoms with E-state index in [1.165, 1.54) is 28.6 Å². The lowest BCUT2D eigenvalue weighted by Crippen LogP contribution is -2.35. The van der Waals surface area contributed by atoms with E-state index in [0.717, 1.165) is 30.6 Å². The van der Waals surface area contributed by atoms with Crippen molar-refractivity contribution in [1.82, 2.24) is 14.1 Å². The molecule has 2 aromatic carbocycles. The van der Waals surface area contributed by atoms with Crippen LogP contribution in [0.5, 0.6) is 0 Å². The second-order valence-electron chi connectivity index (χ2n) is 7.48. The predicted octanol–water partition coefficient (Wildman–Crippen LogP) is 3.16. The SMILES string of the molecule is Cc1ccnn1-c1cccc(NS(=O)(=O)c2ccc(S(=O)(=O)N3CCCCC3)cc2)c1. The quantitative estimate of drug-likeness (QED) is 0.609. The lowest BCUT2D eigenvalue weighted by Gasteiger charge is -2.25. The lowest BCUT2D eigenvalue weighted by molar-refractivity contribution is 0.346. The zero-order chi connectivity index (χ0) is 22.1. The van der Waals surface area contributed by atoms with Crippen molar-refractivity contribution in [1.29, 1.82) is 0 Å². The van der Waals surface area contributed by atoms with Crippen LogP contribution in [0.25, 0.3) is 5.69 Å². The molecule has 1 aromatic heterocycles. The van der Waals surface area contributed by atoms with Gasteiger partial charge in [0, 0.05) is 25.0 Å². The minimum Gasteiger partial charge on any atom is -0.280 e. The van der Waals surface area contributed by atoms with E-state index in [-0.39, 0.29) is 9.79 Å². The van der Waals surface area contributed by atoms with Crippen molar-refractivity contribution < 1.29 is 16.8 Å². The standard InChI is InChI=1S/C21H24N4O4S2/c1-17-12-13-22-25(17)19-7-5-6-18(16-19)23-30(26,27)20-8-10-21(11-9-20)31(28,29)24-14-3-2-4-15-24/h5-13,16,23H,2-4,14-15H2,1H3. The van der Waals surface area contributed by atoms with Crippen molar-refractivity contribution in [3.8, 4) is 5.69 Å². The molecule has 8 nitrogen and oxygen atoms in total. The Labute approximate surface area is 182 Å². The smallest absolute Gasteiger partial charge is 0.261 e. The summed E-state index contributed by atoms with van der Waals surface area (Å²) in [6.07, 6.45) is 4.38. The molecule has 31 heavy (non-hydrogen) atoms. The van der Waals surface area contributed by atoms with Crippen LogP contribution in [-0.4, -0.2) is 44.0 Å². The van der Waals surface area contributed by atoms with Crippen LogP contribution in [0.1, 0.15) is 25.0 Å². The molecule has 1 saturated heterocycles. The number of rotatable bonds is 6. The van der Waals surface area contributed by atoms with E-state index in [9.17, 15) is 16.8 Å². The van der Waals surface area contributed by atoms with Gasteiger partial charge in [0.2, 0.25) is 10.0 Å². The fraction of sp³-hybridized carbons (Fsp3) is 0.286.